The van der Waals surface area contributed by atoms with Crippen LogP contribution >= 0.6 is 11.8 Å². The molecule has 1 saturated heterocycles. The molecule has 0 aliphatic carbocycles. The fourth-order valence-corrected chi connectivity index (χ4v) is 3.60. The van der Waals surface area contributed by atoms with E-state index in [4.69, 9.17) is 0 Å². The van der Waals surface area contributed by atoms with Gasteiger partial charge in [0.2, 0.25) is 5.82 Å². The normalized spacial score (nSPS) is 19.6. The maximum absolute atomic E-state index is 12.2. The Morgan fingerprint density at radius 1 is 1.30 bits per heavy atom. The van der Waals surface area contributed by atoms with Gasteiger partial charge in [-0.05, 0) is 12.0 Å². The predicted molar refractivity (Wildman–Crippen MR) is 78.5 cm³/mol. The summed E-state index contributed by atoms with van der Waals surface area (Å²) in [6, 6.07) is 10.5. The summed E-state index contributed by atoms with van der Waals surface area (Å²) in [5.41, 5.74) is 1.34. The monoisotopic (exact) mass is 288 g/mol. The second-order valence-electron chi connectivity index (χ2n) is 4.69. The van der Waals surface area contributed by atoms with Crippen LogP contribution in [-0.2, 0) is 0 Å². The molecule has 1 aromatic heterocycles. The number of carbonyl (C=O) groups excluding carboxylic acids is 1. The van der Waals surface area contributed by atoms with Crippen molar-refractivity contribution in [3.63, 3.8) is 0 Å². The molecule has 0 spiro atoms. The first-order valence-corrected chi connectivity index (χ1v) is 7.70. The van der Waals surface area contributed by atoms with Crippen molar-refractivity contribution in [3.05, 3.63) is 48.0 Å². The van der Waals surface area contributed by atoms with Crippen LogP contribution in [0.4, 0.5) is 0 Å². The van der Waals surface area contributed by atoms with Crippen LogP contribution in [0.15, 0.2) is 36.7 Å². The summed E-state index contributed by atoms with van der Waals surface area (Å²) in [5.74, 6) is 1.21. The van der Waals surface area contributed by atoms with Crippen LogP contribution in [0.2, 0.25) is 0 Å². The zero-order valence-electron chi connectivity index (χ0n) is 11.0. The average molecular weight is 288 g/mol. The third kappa shape index (κ3) is 2.85. The highest BCUT2D eigenvalue weighted by Crippen LogP contribution is 2.34. The molecule has 1 aliphatic heterocycles. The molecule has 3 rings (SSSR count). The van der Waals surface area contributed by atoms with Gasteiger partial charge < -0.3 is 4.90 Å². The number of aromatic nitrogens is 3. The first-order chi connectivity index (χ1) is 9.84. The molecule has 1 N–H and O–H groups in total. The lowest BCUT2D eigenvalue weighted by Gasteiger charge is -2.18. The Morgan fingerprint density at radius 3 is 2.90 bits per heavy atom. The third-order valence-electron chi connectivity index (χ3n) is 3.42. The molecule has 0 radical (unpaired) electrons. The number of nitrogens with zero attached hydrogens (tertiary/aromatic N) is 3. The Labute approximate surface area is 121 Å². The molecule has 6 heteroatoms. The molecular weight excluding hydrogens is 272 g/mol. The van der Waals surface area contributed by atoms with Crippen LogP contribution in [0, 0.1) is 0 Å². The molecule has 1 aliphatic rings. The molecule has 0 bridgehead atoms. The standard InChI is InChI=1S/C14H16N4OS/c19-14(13-15-10-16-17-13)18-7-6-12(20-9-8-18)11-4-2-1-3-5-11/h1-5,10,12H,6-9H2,(H,15,16,17)/t12-/m1/s1. The van der Waals surface area contributed by atoms with Crippen LogP contribution < -0.4 is 0 Å². The molecule has 0 unspecified atom stereocenters. The van der Waals surface area contributed by atoms with E-state index in [0.29, 0.717) is 11.1 Å². The van der Waals surface area contributed by atoms with Crippen molar-refractivity contribution >= 4 is 17.7 Å². The van der Waals surface area contributed by atoms with Crippen LogP contribution in [0.1, 0.15) is 27.9 Å². The van der Waals surface area contributed by atoms with E-state index in [9.17, 15) is 4.79 Å². The minimum Gasteiger partial charge on any atom is -0.335 e. The van der Waals surface area contributed by atoms with Gasteiger partial charge in [0.05, 0.1) is 0 Å². The Bertz CT molecular complexity index is 558. The minimum atomic E-state index is -0.0585. The molecule has 1 amide bonds. The predicted octanol–water partition coefficient (Wildman–Crippen LogP) is 2.13. The Balaban J connectivity index is 1.67. The second kappa shape index (κ2) is 6.09. The summed E-state index contributed by atoms with van der Waals surface area (Å²) < 4.78 is 0. The van der Waals surface area contributed by atoms with E-state index in [0.717, 1.165) is 25.3 Å². The summed E-state index contributed by atoms with van der Waals surface area (Å²) in [7, 11) is 0. The Kier molecular flexibility index (Phi) is 4.01. The quantitative estimate of drug-likeness (QED) is 0.919. The smallest absolute Gasteiger partial charge is 0.291 e. The fourth-order valence-electron chi connectivity index (χ4n) is 2.37. The van der Waals surface area contributed by atoms with Crippen molar-refractivity contribution in [1.29, 1.82) is 0 Å². The zero-order valence-corrected chi connectivity index (χ0v) is 11.8. The summed E-state index contributed by atoms with van der Waals surface area (Å²) in [6.45, 7) is 1.51. The first-order valence-electron chi connectivity index (χ1n) is 6.66. The Morgan fingerprint density at radius 2 is 2.15 bits per heavy atom. The Hall–Kier alpha value is -1.82. The van der Waals surface area contributed by atoms with E-state index in [2.05, 4.69) is 39.4 Å². The number of aromatic amines is 1. The minimum absolute atomic E-state index is 0.0585. The van der Waals surface area contributed by atoms with E-state index >= 15 is 0 Å². The molecule has 1 aromatic carbocycles. The molecule has 104 valence electrons. The van der Waals surface area contributed by atoms with Crippen molar-refractivity contribution in [2.75, 3.05) is 18.8 Å². The summed E-state index contributed by atoms with van der Waals surface area (Å²) in [6.07, 6.45) is 2.33. The number of H-pyrrole nitrogens is 1. The highest BCUT2D eigenvalue weighted by atomic mass is 32.2. The number of thioether (sulfide) groups is 1. The van der Waals surface area contributed by atoms with Crippen molar-refractivity contribution in [2.24, 2.45) is 0 Å². The highest BCUT2D eigenvalue weighted by molar-refractivity contribution is 7.99. The van der Waals surface area contributed by atoms with Crippen LogP contribution in [0.3, 0.4) is 0 Å². The average Bonchev–Trinajstić information content (AvgIpc) is 2.92. The second-order valence-corrected chi connectivity index (χ2v) is 6.00. The van der Waals surface area contributed by atoms with Crippen molar-refractivity contribution < 1.29 is 4.79 Å². The number of nitrogens with one attached hydrogen (secondary N) is 1. The maximum Gasteiger partial charge on any atom is 0.291 e. The van der Waals surface area contributed by atoms with E-state index in [1.165, 1.54) is 11.9 Å². The lowest BCUT2D eigenvalue weighted by molar-refractivity contribution is 0.0755. The van der Waals surface area contributed by atoms with E-state index in [1.807, 2.05) is 22.7 Å². The number of amides is 1. The largest absolute Gasteiger partial charge is 0.335 e. The summed E-state index contributed by atoms with van der Waals surface area (Å²) in [4.78, 5) is 18.0. The van der Waals surface area contributed by atoms with Crippen LogP contribution in [0.25, 0.3) is 0 Å². The zero-order chi connectivity index (χ0) is 13.8. The number of benzene rings is 1. The maximum atomic E-state index is 12.2. The van der Waals surface area contributed by atoms with Gasteiger partial charge in [-0.2, -0.15) is 16.9 Å². The van der Waals surface area contributed by atoms with Gasteiger partial charge in [-0.1, -0.05) is 30.3 Å². The van der Waals surface area contributed by atoms with Gasteiger partial charge in [-0.3, -0.25) is 9.89 Å². The molecule has 20 heavy (non-hydrogen) atoms. The van der Waals surface area contributed by atoms with Crippen LogP contribution in [0.5, 0.6) is 0 Å². The lowest BCUT2D eigenvalue weighted by atomic mass is 10.1. The van der Waals surface area contributed by atoms with Gasteiger partial charge in [0.15, 0.2) is 0 Å². The first kappa shape index (κ1) is 13.2. The molecule has 0 saturated carbocycles. The van der Waals surface area contributed by atoms with E-state index < -0.39 is 0 Å². The highest BCUT2D eigenvalue weighted by Gasteiger charge is 2.24. The van der Waals surface area contributed by atoms with Gasteiger partial charge in [0.1, 0.15) is 6.33 Å². The van der Waals surface area contributed by atoms with Gasteiger partial charge in [-0.15, -0.1) is 0 Å². The van der Waals surface area contributed by atoms with E-state index in [-0.39, 0.29) is 5.91 Å². The topological polar surface area (TPSA) is 61.9 Å². The van der Waals surface area contributed by atoms with Crippen molar-refractivity contribution in [2.45, 2.75) is 11.7 Å². The number of hydrogen-bond donors (Lipinski definition) is 1. The van der Waals surface area contributed by atoms with Crippen molar-refractivity contribution in [1.82, 2.24) is 20.1 Å². The van der Waals surface area contributed by atoms with Gasteiger partial charge in [-0.25, -0.2) is 4.98 Å². The molecule has 1 fully saturated rings. The molecule has 1 atom stereocenters. The number of hydrogen-bond acceptors (Lipinski definition) is 4. The third-order valence-corrected chi connectivity index (χ3v) is 4.75. The molecular formula is C14H16N4OS. The number of carbonyl (C=O) groups is 1. The number of rotatable bonds is 2. The molecule has 2 heterocycles. The van der Waals surface area contributed by atoms with Gasteiger partial charge in [0, 0.05) is 24.1 Å². The van der Waals surface area contributed by atoms with Crippen molar-refractivity contribution in [3.8, 4) is 0 Å². The van der Waals surface area contributed by atoms with Crippen LogP contribution in [-0.4, -0.2) is 44.8 Å². The van der Waals surface area contributed by atoms with E-state index in [1.54, 1.807) is 0 Å². The summed E-state index contributed by atoms with van der Waals surface area (Å²) in [5, 5.41) is 6.84. The molecule has 5 nitrogen and oxygen atoms in total. The fraction of sp³-hybridized carbons (Fsp3) is 0.357. The SMILES string of the molecule is O=C(c1ncn[nH]1)N1CCS[C@@H](c2ccccc2)CC1. The van der Waals surface area contributed by atoms with Gasteiger partial charge >= 0.3 is 0 Å². The molecule has 2 aromatic rings. The lowest BCUT2D eigenvalue weighted by Crippen LogP contribution is -2.33. The van der Waals surface area contributed by atoms with Gasteiger partial charge in [0.25, 0.3) is 5.91 Å². The summed E-state index contributed by atoms with van der Waals surface area (Å²) >= 11 is 1.92.